The zero-order valence-electron chi connectivity index (χ0n) is 18.5. The lowest BCUT2D eigenvalue weighted by atomic mass is 9.97. The number of sulfonamides is 1. The molecule has 0 atom stereocenters. The first kappa shape index (κ1) is 24.3. The van der Waals surface area contributed by atoms with Crippen LogP contribution in [-0.2, 0) is 19.6 Å². The van der Waals surface area contributed by atoms with Crippen LogP contribution in [0.2, 0.25) is 0 Å². The molecule has 0 bridgehead atoms. The van der Waals surface area contributed by atoms with Crippen LogP contribution in [0.5, 0.6) is 5.75 Å². The number of anilines is 1. The van der Waals surface area contributed by atoms with Crippen LogP contribution >= 0.6 is 0 Å². The molecular formula is C24H28N2O6S. The number of carbonyl (C=O) groups is 2. The highest BCUT2D eigenvalue weighted by Gasteiger charge is 2.19. The number of allylic oxidation sites excluding steroid dienone is 1. The number of esters is 1. The van der Waals surface area contributed by atoms with E-state index < -0.39 is 28.5 Å². The Morgan fingerprint density at radius 2 is 1.88 bits per heavy atom. The Hall–Kier alpha value is -3.33. The van der Waals surface area contributed by atoms with Crippen LogP contribution in [0, 0.1) is 0 Å². The zero-order chi connectivity index (χ0) is 23.7. The van der Waals surface area contributed by atoms with Crippen LogP contribution in [0.3, 0.4) is 0 Å². The summed E-state index contributed by atoms with van der Waals surface area (Å²) in [6.45, 7) is 0.0545. The quantitative estimate of drug-likeness (QED) is 0.403. The minimum Gasteiger partial charge on any atom is -0.495 e. The monoisotopic (exact) mass is 472 g/mol. The van der Waals surface area contributed by atoms with E-state index in [1.807, 2.05) is 0 Å². The van der Waals surface area contributed by atoms with Gasteiger partial charge in [0.15, 0.2) is 6.61 Å². The summed E-state index contributed by atoms with van der Waals surface area (Å²) in [6.07, 6.45) is 7.56. The number of rotatable bonds is 10. The lowest BCUT2D eigenvalue weighted by molar-refractivity contribution is -0.124. The predicted octanol–water partition coefficient (Wildman–Crippen LogP) is 3.66. The van der Waals surface area contributed by atoms with Crippen molar-refractivity contribution in [2.45, 2.75) is 37.0 Å². The Labute approximate surface area is 194 Å². The molecule has 1 aliphatic carbocycles. The van der Waals surface area contributed by atoms with Gasteiger partial charge in [0.05, 0.1) is 23.3 Å². The number of carbonyl (C=O) groups excluding carboxylic acids is 2. The summed E-state index contributed by atoms with van der Waals surface area (Å²) in [5, 5.41) is 2.74. The highest BCUT2D eigenvalue weighted by molar-refractivity contribution is 7.92. The van der Waals surface area contributed by atoms with Gasteiger partial charge in [0.2, 0.25) is 0 Å². The fourth-order valence-corrected chi connectivity index (χ4v) is 4.60. The molecular weight excluding hydrogens is 444 g/mol. The third-order valence-electron chi connectivity index (χ3n) is 5.22. The Morgan fingerprint density at radius 3 is 2.64 bits per heavy atom. The molecule has 0 fully saturated rings. The second-order valence-corrected chi connectivity index (χ2v) is 9.30. The molecule has 0 heterocycles. The largest absolute Gasteiger partial charge is 0.495 e. The molecule has 9 heteroatoms. The maximum Gasteiger partial charge on any atom is 0.338 e. The molecule has 1 amide bonds. The van der Waals surface area contributed by atoms with Gasteiger partial charge in [-0.15, -0.1) is 0 Å². The van der Waals surface area contributed by atoms with Crippen LogP contribution in [0.1, 0.15) is 42.5 Å². The van der Waals surface area contributed by atoms with Crippen LogP contribution in [-0.4, -0.2) is 40.6 Å². The average Bonchev–Trinajstić information content (AvgIpc) is 2.83. The van der Waals surface area contributed by atoms with Crippen LogP contribution in [0.25, 0.3) is 0 Å². The summed E-state index contributed by atoms with van der Waals surface area (Å²) in [5.41, 5.74) is 1.64. The van der Waals surface area contributed by atoms with Gasteiger partial charge in [-0.1, -0.05) is 29.8 Å². The number of hydrogen-bond donors (Lipinski definition) is 2. The molecule has 0 unspecified atom stereocenters. The molecule has 8 nitrogen and oxygen atoms in total. The fraction of sp³-hybridized carbons (Fsp3) is 0.333. The van der Waals surface area contributed by atoms with Crippen molar-refractivity contribution in [2.24, 2.45) is 0 Å². The van der Waals surface area contributed by atoms with Crippen molar-refractivity contribution in [2.75, 3.05) is 25.0 Å². The van der Waals surface area contributed by atoms with E-state index in [4.69, 9.17) is 9.47 Å². The zero-order valence-corrected chi connectivity index (χ0v) is 19.3. The van der Waals surface area contributed by atoms with Gasteiger partial charge < -0.3 is 14.8 Å². The lowest BCUT2D eigenvalue weighted by Gasteiger charge is -2.13. The molecule has 176 valence electrons. The number of hydrogen-bond acceptors (Lipinski definition) is 6. The lowest BCUT2D eigenvalue weighted by Crippen LogP contribution is -2.30. The molecule has 0 aromatic heterocycles. The Morgan fingerprint density at radius 1 is 1.06 bits per heavy atom. The number of para-hydroxylation sites is 2. The molecule has 0 aliphatic heterocycles. The van der Waals surface area contributed by atoms with E-state index in [2.05, 4.69) is 16.1 Å². The van der Waals surface area contributed by atoms with E-state index in [0.29, 0.717) is 12.3 Å². The van der Waals surface area contributed by atoms with Gasteiger partial charge in [-0.05, 0) is 62.4 Å². The maximum absolute atomic E-state index is 12.8. The first-order valence-corrected chi connectivity index (χ1v) is 12.2. The van der Waals surface area contributed by atoms with Gasteiger partial charge >= 0.3 is 5.97 Å². The van der Waals surface area contributed by atoms with Crippen molar-refractivity contribution in [3.05, 3.63) is 65.7 Å². The van der Waals surface area contributed by atoms with Gasteiger partial charge in [0, 0.05) is 6.54 Å². The molecule has 2 N–H and O–H groups in total. The standard InChI is InChI=1S/C24H28N2O6S/c1-31-22-13-6-5-12-21(22)26-33(29,30)20-11-7-10-19(16-20)24(28)32-17-23(27)25-15-14-18-8-3-2-4-9-18/h5-8,10-13,16,26H,2-4,9,14-15,17H2,1H3,(H,25,27). The number of benzene rings is 2. The minimum absolute atomic E-state index is 0.0260. The van der Waals surface area contributed by atoms with Crippen LogP contribution in [0.15, 0.2) is 65.1 Å². The third kappa shape index (κ3) is 7.08. The maximum atomic E-state index is 12.8. The summed E-state index contributed by atoms with van der Waals surface area (Å²) in [5.74, 6) is -0.821. The van der Waals surface area contributed by atoms with E-state index in [0.717, 1.165) is 19.3 Å². The molecule has 3 rings (SSSR count). The predicted molar refractivity (Wildman–Crippen MR) is 125 cm³/mol. The molecule has 2 aromatic rings. The second-order valence-electron chi connectivity index (χ2n) is 7.62. The highest BCUT2D eigenvalue weighted by atomic mass is 32.2. The van der Waals surface area contributed by atoms with Crippen LogP contribution < -0.4 is 14.8 Å². The average molecular weight is 473 g/mol. The molecule has 0 spiro atoms. The van der Waals surface area contributed by atoms with Crippen molar-refractivity contribution in [3.8, 4) is 5.75 Å². The Balaban J connectivity index is 1.55. The van der Waals surface area contributed by atoms with Gasteiger partial charge in [-0.25, -0.2) is 13.2 Å². The molecule has 2 aromatic carbocycles. The summed E-state index contributed by atoms with van der Waals surface area (Å²) < 4.78 is 38.2. The number of methoxy groups -OCH3 is 1. The Bertz CT molecular complexity index is 1130. The van der Waals surface area contributed by atoms with E-state index in [1.165, 1.54) is 49.8 Å². The smallest absolute Gasteiger partial charge is 0.338 e. The van der Waals surface area contributed by atoms with Crippen molar-refractivity contribution in [3.63, 3.8) is 0 Å². The molecule has 33 heavy (non-hydrogen) atoms. The van der Waals surface area contributed by atoms with E-state index >= 15 is 0 Å². The van der Waals surface area contributed by atoms with Gasteiger partial charge in [-0.3, -0.25) is 9.52 Å². The van der Waals surface area contributed by atoms with Crippen molar-refractivity contribution < 1.29 is 27.5 Å². The molecule has 0 radical (unpaired) electrons. The SMILES string of the molecule is COc1ccccc1NS(=O)(=O)c1cccc(C(=O)OCC(=O)NCCC2=CCCCC2)c1. The van der Waals surface area contributed by atoms with Crippen molar-refractivity contribution in [1.29, 1.82) is 0 Å². The summed E-state index contributed by atoms with van der Waals surface area (Å²) in [7, 11) is -2.54. The molecule has 0 saturated heterocycles. The minimum atomic E-state index is -3.98. The second kappa shape index (κ2) is 11.5. The first-order valence-electron chi connectivity index (χ1n) is 10.8. The fourth-order valence-electron chi connectivity index (χ4n) is 3.48. The number of amides is 1. The normalized spacial score (nSPS) is 13.5. The molecule has 0 saturated carbocycles. The summed E-state index contributed by atoms with van der Waals surface area (Å²) in [4.78, 5) is 24.2. The van der Waals surface area contributed by atoms with Gasteiger partial charge in [0.25, 0.3) is 15.9 Å². The molecule has 1 aliphatic rings. The van der Waals surface area contributed by atoms with Crippen molar-refractivity contribution in [1.82, 2.24) is 5.32 Å². The van der Waals surface area contributed by atoms with E-state index in [1.54, 1.807) is 24.3 Å². The highest BCUT2D eigenvalue weighted by Crippen LogP contribution is 2.26. The number of ether oxygens (including phenoxy) is 2. The summed E-state index contributed by atoms with van der Waals surface area (Å²) >= 11 is 0. The van der Waals surface area contributed by atoms with Gasteiger partial charge in [-0.2, -0.15) is 0 Å². The third-order valence-corrected chi connectivity index (χ3v) is 6.58. The van der Waals surface area contributed by atoms with Crippen LogP contribution in [0.4, 0.5) is 5.69 Å². The Kier molecular flexibility index (Phi) is 8.48. The topological polar surface area (TPSA) is 111 Å². The van der Waals surface area contributed by atoms with E-state index in [9.17, 15) is 18.0 Å². The number of nitrogens with one attached hydrogen (secondary N) is 2. The summed E-state index contributed by atoms with van der Waals surface area (Å²) in [6, 6.07) is 12.0. The van der Waals surface area contributed by atoms with E-state index in [-0.39, 0.29) is 16.1 Å². The van der Waals surface area contributed by atoms with Crippen molar-refractivity contribution >= 4 is 27.6 Å². The van der Waals surface area contributed by atoms with Gasteiger partial charge in [0.1, 0.15) is 5.75 Å². The first-order chi connectivity index (χ1) is 15.9.